The molecule has 0 heterocycles. The van der Waals surface area contributed by atoms with E-state index in [1.54, 1.807) is 21.0 Å². The van der Waals surface area contributed by atoms with Crippen molar-refractivity contribution in [3.63, 3.8) is 0 Å². The number of ketones is 1. The summed E-state index contributed by atoms with van der Waals surface area (Å²) in [6.45, 7) is 7.28. The SMILES string of the molecule is COc1c(C)cc(C)cc1C(=O)C(C)(C)N. The lowest BCUT2D eigenvalue weighted by molar-refractivity contribution is 0.0910. The van der Waals surface area contributed by atoms with E-state index >= 15 is 0 Å². The summed E-state index contributed by atoms with van der Waals surface area (Å²) >= 11 is 0. The van der Waals surface area contributed by atoms with E-state index in [0.29, 0.717) is 11.3 Å². The topological polar surface area (TPSA) is 52.3 Å². The van der Waals surface area contributed by atoms with E-state index in [4.69, 9.17) is 10.5 Å². The number of methoxy groups -OCH3 is 1. The Morgan fingerprint density at radius 3 is 2.31 bits per heavy atom. The number of rotatable bonds is 3. The average molecular weight is 221 g/mol. The molecule has 1 rings (SSSR count). The highest BCUT2D eigenvalue weighted by atomic mass is 16.5. The number of ether oxygens (including phenoxy) is 1. The predicted octanol–water partition coefficient (Wildman–Crippen LogP) is 2.23. The van der Waals surface area contributed by atoms with E-state index in [1.165, 1.54) is 0 Å². The summed E-state index contributed by atoms with van der Waals surface area (Å²) in [7, 11) is 1.57. The first-order valence-electron chi connectivity index (χ1n) is 5.26. The first kappa shape index (κ1) is 12.7. The molecule has 0 unspecified atom stereocenters. The molecule has 0 aliphatic carbocycles. The Bertz CT molecular complexity index is 417. The minimum absolute atomic E-state index is 0.101. The third kappa shape index (κ3) is 2.42. The number of hydrogen-bond acceptors (Lipinski definition) is 3. The fourth-order valence-corrected chi connectivity index (χ4v) is 1.74. The van der Waals surface area contributed by atoms with E-state index in [-0.39, 0.29) is 5.78 Å². The van der Waals surface area contributed by atoms with Gasteiger partial charge in [-0.25, -0.2) is 0 Å². The molecule has 0 aromatic heterocycles. The molecule has 1 aromatic carbocycles. The first-order chi connectivity index (χ1) is 7.27. The van der Waals surface area contributed by atoms with Crippen molar-refractivity contribution in [1.82, 2.24) is 0 Å². The molecule has 0 spiro atoms. The van der Waals surface area contributed by atoms with Crippen LogP contribution in [0.3, 0.4) is 0 Å². The van der Waals surface area contributed by atoms with Crippen molar-refractivity contribution in [2.45, 2.75) is 33.2 Å². The molecule has 16 heavy (non-hydrogen) atoms. The van der Waals surface area contributed by atoms with E-state index in [1.807, 2.05) is 26.0 Å². The van der Waals surface area contributed by atoms with Crippen molar-refractivity contribution in [3.8, 4) is 5.75 Å². The van der Waals surface area contributed by atoms with Gasteiger partial charge < -0.3 is 10.5 Å². The monoisotopic (exact) mass is 221 g/mol. The van der Waals surface area contributed by atoms with Crippen molar-refractivity contribution in [3.05, 3.63) is 28.8 Å². The normalized spacial score (nSPS) is 11.4. The van der Waals surface area contributed by atoms with Crippen LogP contribution in [0, 0.1) is 13.8 Å². The molecule has 0 atom stereocenters. The Morgan fingerprint density at radius 2 is 1.88 bits per heavy atom. The van der Waals surface area contributed by atoms with Crippen LogP contribution in [0.15, 0.2) is 12.1 Å². The highest BCUT2D eigenvalue weighted by Crippen LogP contribution is 2.27. The molecule has 2 N–H and O–H groups in total. The molecule has 0 aliphatic heterocycles. The van der Waals surface area contributed by atoms with Crippen LogP contribution in [-0.2, 0) is 0 Å². The van der Waals surface area contributed by atoms with Crippen molar-refractivity contribution >= 4 is 5.78 Å². The van der Waals surface area contributed by atoms with Crippen LogP contribution in [0.2, 0.25) is 0 Å². The fourth-order valence-electron chi connectivity index (χ4n) is 1.74. The van der Waals surface area contributed by atoms with Crippen LogP contribution < -0.4 is 10.5 Å². The quantitative estimate of drug-likeness (QED) is 0.796. The summed E-state index contributed by atoms with van der Waals surface area (Å²) in [5.74, 6) is 0.519. The first-order valence-corrected chi connectivity index (χ1v) is 5.26. The molecular formula is C13H19NO2. The van der Waals surface area contributed by atoms with Gasteiger partial charge in [-0.1, -0.05) is 6.07 Å². The lowest BCUT2D eigenvalue weighted by atomic mass is 9.91. The van der Waals surface area contributed by atoms with Gasteiger partial charge in [-0.05, 0) is 44.9 Å². The standard InChI is InChI=1S/C13H19NO2/c1-8-6-9(2)11(16-5)10(7-8)12(15)13(3,4)14/h6-7H,14H2,1-5H3. The number of Topliss-reactive ketones (excluding diaryl/α,β-unsaturated/α-hetero) is 1. The van der Waals surface area contributed by atoms with Gasteiger partial charge in [-0.3, -0.25) is 4.79 Å². The molecule has 0 radical (unpaired) electrons. The van der Waals surface area contributed by atoms with Gasteiger partial charge in [0, 0.05) is 0 Å². The van der Waals surface area contributed by atoms with Crippen molar-refractivity contribution in [2.75, 3.05) is 7.11 Å². The molecule has 3 nitrogen and oxygen atoms in total. The minimum atomic E-state index is -0.881. The zero-order chi connectivity index (χ0) is 12.5. The van der Waals surface area contributed by atoms with Gasteiger partial charge >= 0.3 is 0 Å². The van der Waals surface area contributed by atoms with Crippen molar-refractivity contribution < 1.29 is 9.53 Å². The molecule has 0 saturated heterocycles. The maximum absolute atomic E-state index is 12.1. The van der Waals surface area contributed by atoms with Gasteiger partial charge in [0.15, 0.2) is 5.78 Å². The van der Waals surface area contributed by atoms with E-state index < -0.39 is 5.54 Å². The van der Waals surface area contributed by atoms with Crippen LogP contribution in [-0.4, -0.2) is 18.4 Å². The molecule has 0 amide bonds. The van der Waals surface area contributed by atoms with E-state index in [2.05, 4.69) is 0 Å². The summed E-state index contributed by atoms with van der Waals surface area (Å²) in [4.78, 5) is 12.1. The Hall–Kier alpha value is -1.35. The van der Waals surface area contributed by atoms with Crippen molar-refractivity contribution in [2.24, 2.45) is 5.73 Å². The number of aryl methyl sites for hydroxylation is 2. The van der Waals surface area contributed by atoms with E-state index in [9.17, 15) is 4.79 Å². The summed E-state index contributed by atoms with van der Waals surface area (Å²) in [5.41, 5.74) is 7.50. The fraction of sp³-hybridized carbons (Fsp3) is 0.462. The highest BCUT2D eigenvalue weighted by Gasteiger charge is 2.27. The van der Waals surface area contributed by atoms with Gasteiger partial charge in [0.2, 0.25) is 0 Å². The number of benzene rings is 1. The molecule has 0 saturated carbocycles. The summed E-state index contributed by atoms with van der Waals surface area (Å²) in [6.07, 6.45) is 0. The van der Waals surface area contributed by atoms with Crippen molar-refractivity contribution in [1.29, 1.82) is 0 Å². The average Bonchev–Trinajstić information content (AvgIpc) is 2.14. The number of nitrogens with two attached hydrogens (primary N) is 1. The molecule has 0 fully saturated rings. The largest absolute Gasteiger partial charge is 0.496 e. The van der Waals surface area contributed by atoms with Crippen LogP contribution in [0.25, 0.3) is 0 Å². The van der Waals surface area contributed by atoms with Gasteiger partial charge in [-0.15, -0.1) is 0 Å². The molecule has 3 heteroatoms. The summed E-state index contributed by atoms with van der Waals surface area (Å²) in [6, 6.07) is 3.81. The molecule has 0 bridgehead atoms. The third-order valence-corrected chi connectivity index (χ3v) is 2.45. The second-order valence-corrected chi connectivity index (χ2v) is 4.71. The molecule has 1 aromatic rings. The molecule has 88 valence electrons. The van der Waals surface area contributed by atoms with Gasteiger partial charge in [-0.2, -0.15) is 0 Å². The van der Waals surface area contributed by atoms with Gasteiger partial charge in [0.1, 0.15) is 5.75 Å². The summed E-state index contributed by atoms with van der Waals surface area (Å²) in [5, 5.41) is 0. The minimum Gasteiger partial charge on any atom is -0.496 e. The van der Waals surface area contributed by atoms with Crippen LogP contribution in [0.4, 0.5) is 0 Å². The Balaban J connectivity index is 3.38. The van der Waals surface area contributed by atoms with Crippen LogP contribution in [0.1, 0.15) is 35.3 Å². The Kier molecular flexibility index (Phi) is 3.38. The Morgan fingerprint density at radius 1 is 1.31 bits per heavy atom. The Labute approximate surface area is 96.6 Å². The molecular weight excluding hydrogens is 202 g/mol. The predicted molar refractivity (Wildman–Crippen MR) is 65.1 cm³/mol. The number of carbonyl (C=O) groups is 1. The molecule has 0 aliphatic rings. The zero-order valence-corrected chi connectivity index (χ0v) is 10.5. The lowest BCUT2D eigenvalue weighted by Gasteiger charge is -2.20. The maximum atomic E-state index is 12.1. The smallest absolute Gasteiger partial charge is 0.185 e. The van der Waals surface area contributed by atoms with Crippen LogP contribution in [0.5, 0.6) is 5.75 Å². The second-order valence-electron chi connectivity index (χ2n) is 4.71. The summed E-state index contributed by atoms with van der Waals surface area (Å²) < 4.78 is 5.27. The van der Waals surface area contributed by atoms with Crippen LogP contribution >= 0.6 is 0 Å². The number of carbonyl (C=O) groups excluding carboxylic acids is 1. The lowest BCUT2D eigenvalue weighted by Crippen LogP contribution is -2.41. The van der Waals surface area contributed by atoms with Gasteiger partial charge in [0.25, 0.3) is 0 Å². The third-order valence-electron chi connectivity index (χ3n) is 2.45. The number of hydrogen-bond donors (Lipinski definition) is 1. The maximum Gasteiger partial charge on any atom is 0.185 e. The second kappa shape index (κ2) is 4.26. The van der Waals surface area contributed by atoms with E-state index in [0.717, 1.165) is 11.1 Å². The highest BCUT2D eigenvalue weighted by molar-refractivity contribution is 6.05. The zero-order valence-electron chi connectivity index (χ0n) is 10.5. The van der Waals surface area contributed by atoms with Gasteiger partial charge in [0.05, 0.1) is 18.2 Å².